The predicted molar refractivity (Wildman–Crippen MR) is 110 cm³/mol. The Hall–Kier alpha value is -4.34. The zero-order chi connectivity index (χ0) is 21.5. The second-order valence-corrected chi connectivity index (χ2v) is 6.38. The van der Waals surface area contributed by atoms with Crippen LogP contribution in [0.4, 0.5) is 0 Å². The third-order valence-electron chi connectivity index (χ3n) is 4.22. The van der Waals surface area contributed by atoms with Crippen molar-refractivity contribution < 1.29 is 13.9 Å². The smallest absolute Gasteiger partial charge is 0.267 e. The summed E-state index contributed by atoms with van der Waals surface area (Å²) < 4.78 is 11.8. The van der Waals surface area contributed by atoms with Crippen molar-refractivity contribution in [3.8, 4) is 28.6 Å². The first-order valence-corrected chi connectivity index (χ1v) is 9.45. The van der Waals surface area contributed by atoms with E-state index in [1.54, 1.807) is 61.1 Å². The molecular weight excluding hydrogens is 400 g/mol. The molecule has 0 aromatic carbocycles. The predicted octanol–water partition coefficient (Wildman–Crippen LogP) is 1.55. The van der Waals surface area contributed by atoms with Gasteiger partial charge in [-0.05, 0) is 36.4 Å². The molecular formula is C21H18N6O4. The van der Waals surface area contributed by atoms with Crippen LogP contribution in [0.3, 0.4) is 0 Å². The Morgan fingerprint density at radius 1 is 1.03 bits per heavy atom. The first-order valence-electron chi connectivity index (χ1n) is 9.45. The van der Waals surface area contributed by atoms with Crippen molar-refractivity contribution in [2.75, 3.05) is 13.2 Å². The van der Waals surface area contributed by atoms with Crippen molar-refractivity contribution in [1.82, 2.24) is 30.3 Å². The third kappa shape index (κ3) is 5.18. The van der Waals surface area contributed by atoms with Crippen LogP contribution in [0.15, 0.2) is 76.4 Å². The van der Waals surface area contributed by atoms with Gasteiger partial charge in [0.25, 0.3) is 5.56 Å². The quantitative estimate of drug-likeness (QED) is 0.427. The fourth-order valence-corrected chi connectivity index (χ4v) is 2.73. The number of nitrogens with one attached hydrogen (secondary N) is 1. The van der Waals surface area contributed by atoms with Gasteiger partial charge in [-0.15, -0.1) is 10.2 Å². The molecule has 0 saturated heterocycles. The Balaban J connectivity index is 1.26. The van der Waals surface area contributed by atoms with Gasteiger partial charge in [0.05, 0.1) is 18.5 Å². The van der Waals surface area contributed by atoms with E-state index in [2.05, 4.69) is 25.6 Å². The SMILES string of the molecule is O=C(Cn1nc(-c2ccncc2)ccc1=O)NCCOc1ccc(-c2ccco2)nn1. The maximum atomic E-state index is 12.2. The van der Waals surface area contributed by atoms with Crippen LogP contribution >= 0.6 is 0 Å². The highest BCUT2D eigenvalue weighted by Gasteiger charge is 2.08. The van der Waals surface area contributed by atoms with E-state index in [-0.39, 0.29) is 31.2 Å². The normalized spacial score (nSPS) is 10.6. The molecule has 0 saturated carbocycles. The number of furan rings is 1. The average molecular weight is 418 g/mol. The van der Waals surface area contributed by atoms with E-state index >= 15 is 0 Å². The van der Waals surface area contributed by atoms with Crippen LogP contribution < -0.4 is 15.6 Å². The summed E-state index contributed by atoms with van der Waals surface area (Å²) >= 11 is 0. The lowest BCUT2D eigenvalue weighted by molar-refractivity contribution is -0.122. The van der Waals surface area contributed by atoms with E-state index in [0.717, 1.165) is 10.2 Å². The molecule has 0 atom stereocenters. The van der Waals surface area contributed by atoms with Crippen LogP contribution in [0, 0.1) is 0 Å². The number of carbonyl (C=O) groups excluding carboxylic acids is 1. The molecule has 4 rings (SSSR count). The zero-order valence-corrected chi connectivity index (χ0v) is 16.3. The summed E-state index contributed by atoms with van der Waals surface area (Å²) in [5, 5.41) is 14.9. The van der Waals surface area contributed by atoms with E-state index in [4.69, 9.17) is 9.15 Å². The number of carbonyl (C=O) groups is 1. The first kappa shape index (κ1) is 20.0. The van der Waals surface area contributed by atoms with Gasteiger partial charge in [-0.3, -0.25) is 14.6 Å². The molecule has 10 nitrogen and oxygen atoms in total. The van der Waals surface area contributed by atoms with Crippen molar-refractivity contribution in [1.29, 1.82) is 0 Å². The van der Waals surface area contributed by atoms with Gasteiger partial charge < -0.3 is 14.5 Å². The molecule has 31 heavy (non-hydrogen) atoms. The molecule has 0 aliphatic heterocycles. The van der Waals surface area contributed by atoms with Gasteiger partial charge in [0.15, 0.2) is 5.76 Å². The topological polar surface area (TPSA) is 125 Å². The molecule has 0 unspecified atom stereocenters. The highest BCUT2D eigenvalue weighted by molar-refractivity contribution is 5.75. The second-order valence-electron chi connectivity index (χ2n) is 6.38. The minimum atomic E-state index is -0.365. The Kier molecular flexibility index (Phi) is 6.08. The third-order valence-corrected chi connectivity index (χ3v) is 4.22. The highest BCUT2D eigenvalue weighted by atomic mass is 16.5. The molecule has 4 aromatic rings. The number of hydrogen-bond acceptors (Lipinski definition) is 8. The van der Waals surface area contributed by atoms with E-state index in [1.807, 2.05) is 0 Å². The van der Waals surface area contributed by atoms with Gasteiger partial charge in [0, 0.05) is 30.1 Å². The molecule has 4 aromatic heterocycles. The monoisotopic (exact) mass is 418 g/mol. The van der Waals surface area contributed by atoms with Gasteiger partial charge in [0.1, 0.15) is 18.8 Å². The van der Waals surface area contributed by atoms with Gasteiger partial charge in [-0.2, -0.15) is 5.10 Å². The molecule has 0 spiro atoms. The Morgan fingerprint density at radius 2 is 1.87 bits per heavy atom. The van der Waals surface area contributed by atoms with Gasteiger partial charge in [-0.1, -0.05) is 0 Å². The van der Waals surface area contributed by atoms with Crippen LogP contribution in [0.1, 0.15) is 0 Å². The zero-order valence-electron chi connectivity index (χ0n) is 16.3. The van der Waals surface area contributed by atoms with E-state index < -0.39 is 0 Å². The summed E-state index contributed by atoms with van der Waals surface area (Å²) in [6.45, 7) is 0.231. The minimum absolute atomic E-state index is 0.194. The molecule has 10 heteroatoms. The van der Waals surface area contributed by atoms with Crippen molar-refractivity contribution in [2.45, 2.75) is 6.54 Å². The standard InChI is InChI=1S/C21H18N6O4/c28-19(14-27-21(29)6-4-16(26-27)15-7-9-22-10-8-15)23-11-13-31-20-5-3-17(24-25-20)18-2-1-12-30-18/h1-10,12H,11,13-14H2,(H,23,28). The average Bonchev–Trinajstić information content (AvgIpc) is 3.34. The number of nitrogens with zero attached hydrogens (tertiary/aromatic N) is 5. The minimum Gasteiger partial charge on any atom is -0.475 e. The molecule has 0 bridgehead atoms. The molecule has 0 radical (unpaired) electrons. The Labute approximate surface area is 176 Å². The molecule has 4 heterocycles. The van der Waals surface area contributed by atoms with Crippen molar-refractivity contribution >= 4 is 5.91 Å². The second kappa shape index (κ2) is 9.44. The van der Waals surface area contributed by atoms with E-state index in [0.29, 0.717) is 23.0 Å². The summed E-state index contributed by atoms with van der Waals surface area (Å²) in [6, 6.07) is 13.5. The van der Waals surface area contributed by atoms with Gasteiger partial charge in [-0.25, -0.2) is 4.68 Å². The number of ether oxygens (including phenoxy) is 1. The molecule has 0 aliphatic rings. The maximum Gasteiger partial charge on any atom is 0.267 e. The lowest BCUT2D eigenvalue weighted by atomic mass is 10.2. The fraction of sp³-hybridized carbons (Fsp3) is 0.143. The number of amides is 1. The molecule has 0 aliphatic carbocycles. The highest BCUT2D eigenvalue weighted by Crippen LogP contribution is 2.17. The fourth-order valence-electron chi connectivity index (χ4n) is 2.73. The number of hydrogen-bond donors (Lipinski definition) is 1. The van der Waals surface area contributed by atoms with Crippen molar-refractivity contribution in [3.63, 3.8) is 0 Å². The summed E-state index contributed by atoms with van der Waals surface area (Å²) in [6.07, 6.45) is 4.82. The summed E-state index contributed by atoms with van der Waals surface area (Å²) in [4.78, 5) is 28.2. The van der Waals surface area contributed by atoms with E-state index in [9.17, 15) is 9.59 Å². The summed E-state index contributed by atoms with van der Waals surface area (Å²) in [7, 11) is 0. The Morgan fingerprint density at radius 3 is 2.61 bits per heavy atom. The number of pyridine rings is 1. The van der Waals surface area contributed by atoms with Gasteiger partial charge >= 0.3 is 0 Å². The lowest BCUT2D eigenvalue weighted by Crippen LogP contribution is -2.35. The molecule has 1 amide bonds. The molecule has 0 fully saturated rings. The summed E-state index contributed by atoms with van der Waals surface area (Å²) in [5.74, 6) is 0.583. The molecule has 156 valence electrons. The number of aromatic nitrogens is 5. The molecule has 1 N–H and O–H groups in total. The first-order chi connectivity index (χ1) is 15.2. The van der Waals surface area contributed by atoms with Crippen LogP contribution in [0.5, 0.6) is 5.88 Å². The van der Waals surface area contributed by atoms with Crippen LogP contribution in [0.25, 0.3) is 22.7 Å². The summed E-state index contributed by atoms with van der Waals surface area (Å²) in [5.41, 5.74) is 1.61. The Bertz CT molecular complexity index is 1190. The van der Waals surface area contributed by atoms with Crippen LogP contribution in [0.2, 0.25) is 0 Å². The van der Waals surface area contributed by atoms with Crippen LogP contribution in [-0.4, -0.2) is 44.0 Å². The van der Waals surface area contributed by atoms with Crippen molar-refractivity contribution in [2.24, 2.45) is 0 Å². The largest absolute Gasteiger partial charge is 0.475 e. The van der Waals surface area contributed by atoms with Gasteiger partial charge in [0.2, 0.25) is 11.8 Å². The number of rotatable bonds is 8. The van der Waals surface area contributed by atoms with Crippen molar-refractivity contribution in [3.05, 3.63) is 77.5 Å². The van der Waals surface area contributed by atoms with E-state index in [1.165, 1.54) is 6.07 Å². The maximum absolute atomic E-state index is 12.2. The van der Waals surface area contributed by atoms with Crippen LogP contribution in [-0.2, 0) is 11.3 Å². The lowest BCUT2D eigenvalue weighted by Gasteiger charge is -2.09.